The summed E-state index contributed by atoms with van der Waals surface area (Å²) in [6.07, 6.45) is 16.1. The summed E-state index contributed by atoms with van der Waals surface area (Å²) in [4.78, 5) is 22.6. The van der Waals surface area contributed by atoms with Crippen molar-refractivity contribution in [2.45, 2.75) is 77.0 Å². The van der Waals surface area contributed by atoms with Crippen LogP contribution in [0.2, 0.25) is 0 Å². The van der Waals surface area contributed by atoms with E-state index in [0.29, 0.717) is 5.92 Å². The van der Waals surface area contributed by atoms with Gasteiger partial charge in [-0.25, -0.2) is 0 Å². The third-order valence-corrected chi connectivity index (χ3v) is 7.47. The first-order chi connectivity index (χ1) is 11.7. The summed E-state index contributed by atoms with van der Waals surface area (Å²) in [5.41, 5.74) is 0. The molecule has 0 aromatic carbocycles. The molecule has 3 aliphatic carbocycles. The molecule has 0 atom stereocenters. The molecule has 0 saturated heterocycles. The lowest BCUT2D eigenvalue weighted by molar-refractivity contribution is -0.147. The molecular weight excluding hydrogens is 300 g/mol. The minimum absolute atomic E-state index is 0.00286. The van der Waals surface area contributed by atoms with Crippen molar-refractivity contribution in [3.63, 3.8) is 0 Å². The lowest BCUT2D eigenvalue weighted by atomic mass is 9.65. The van der Waals surface area contributed by atoms with Crippen LogP contribution in [0.5, 0.6) is 0 Å². The van der Waals surface area contributed by atoms with Gasteiger partial charge in [-0.1, -0.05) is 0 Å². The van der Waals surface area contributed by atoms with Crippen molar-refractivity contribution in [2.24, 2.45) is 35.5 Å². The molecule has 0 bridgehead atoms. The van der Waals surface area contributed by atoms with Gasteiger partial charge in [0.25, 0.3) is 0 Å². The van der Waals surface area contributed by atoms with Crippen LogP contribution in [0.3, 0.4) is 0 Å². The summed E-state index contributed by atoms with van der Waals surface area (Å²) in [5, 5.41) is 0. The van der Waals surface area contributed by atoms with E-state index < -0.39 is 0 Å². The third-order valence-electron chi connectivity index (χ3n) is 7.47. The Labute approximate surface area is 146 Å². The van der Waals surface area contributed by atoms with Crippen molar-refractivity contribution in [2.75, 3.05) is 7.11 Å². The predicted octanol–water partition coefficient (Wildman–Crippen LogP) is 4.78. The highest BCUT2D eigenvalue weighted by atomic mass is 16.5. The second kappa shape index (κ2) is 8.49. The van der Waals surface area contributed by atoms with Crippen molar-refractivity contribution >= 4 is 12.3 Å². The van der Waals surface area contributed by atoms with Crippen LogP contribution < -0.4 is 0 Å². The van der Waals surface area contributed by atoms with Crippen LogP contribution in [0, 0.1) is 35.5 Å². The number of methoxy groups -OCH3 is 1. The highest BCUT2D eigenvalue weighted by molar-refractivity contribution is 5.72. The van der Waals surface area contributed by atoms with Crippen molar-refractivity contribution in [1.82, 2.24) is 0 Å². The molecule has 3 fully saturated rings. The molecule has 3 aliphatic rings. The minimum atomic E-state index is 0.00286. The van der Waals surface area contributed by atoms with Gasteiger partial charge in [-0.05, 0) is 101 Å². The number of hydrogen-bond acceptors (Lipinski definition) is 3. The number of ether oxygens (including phenoxy) is 1. The summed E-state index contributed by atoms with van der Waals surface area (Å²) in [6, 6.07) is 0. The maximum Gasteiger partial charge on any atom is 0.308 e. The molecule has 24 heavy (non-hydrogen) atoms. The fraction of sp³-hybridized carbons (Fsp3) is 0.905. The summed E-state index contributed by atoms with van der Waals surface area (Å²) in [7, 11) is 1.51. The fourth-order valence-corrected chi connectivity index (χ4v) is 5.83. The van der Waals surface area contributed by atoms with Crippen molar-refractivity contribution in [3.05, 3.63) is 0 Å². The standard InChI is InChI=1S/C21H34O3/c1-24-21(23)20-12-10-19(11-13-20)18-8-6-17(7-9-18)16-4-2-15(14-22)3-5-16/h14-20H,2-13H2,1H3/t15-,16-,17?,18?,19?,20?. The lowest BCUT2D eigenvalue weighted by Crippen LogP contribution is -2.31. The number of esters is 1. The fourth-order valence-electron chi connectivity index (χ4n) is 5.83. The van der Waals surface area contributed by atoms with E-state index in [4.69, 9.17) is 4.74 Å². The van der Waals surface area contributed by atoms with E-state index in [1.54, 1.807) is 0 Å². The van der Waals surface area contributed by atoms with E-state index in [1.807, 2.05) is 0 Å². The Hall–Kier alpha value is -0.860. The van der Waals surface area contributed by atoms with Crippen LogP contribution in [0.4, 0.5) is 0 Å². The Morgan fingerprint density at radius 1 is 0.708 bits per heavy atom. The lowest BCUT2D eigenvalue weighted by Gasteiger charge is -2.40. The Morgan fingerprint density at radius 3 is 1.46 bits per heavy atom. The molecule has 136 valence electrons. The van der Waals surface area contributed by atoms with Crippen molar-refractivity contribution in [3.8, 4) is 0 Å². The molecule has 0 aromatic heterocycles. The van der Waals surface area contributed by atoms with Crippen LogP contribution in [0.15, 0.2) is 0 Å². The molecule has 3 rings (SSSR count). The van der Waals surface area contributed by atoms with E-state index in [9.17, 15) is 9.59 Å². The number of rotatable bonds is 4. The van der Waals surface area contributed by atoms with Gasteiger partial charge in [-0.15, -0.1) is 0 Å². The smallest absolute Gasteiger partial charge is 0.308 e. The third kappa shape index (κ3) is 4.21. The van der Waals surface area contributed by atoms with E-state index >= 15 is 0 Å². The van der Waals surface area contributed by atoms with E-state index in [2.05, 4.69) is 0 Å². The van der Waals surface area contributed by atoms with E-state index in [0.717, 1.165) is 49.4 Å². The summed E-state index contributed by atoms with van der Waals surface area (Å²) < 4.78 is 4.91. The number of aldehydes is 1. The quantitative estimate of drug-likeness (QED) is 0.549. The molecule has 0 unspecified atom stereocenters. The first-order valence-corrected chi connectivity index (χ1v) is 10.2. The largest absolute Gasteiger partial charge is 0.469 e. The Balaban J connectivity index is 1.40. The van der Waals surface area contributed by atoms with Crippen LogP contribution >= 0.6 is 0 Å². The zero-order chi connectivity index (χ0) is 16.9. The average molecular weight is 335 g/mol. The normalized spacial score (nSPS) is 40.7. The Bertz CT molecular complexity index is 409. The van der Waals surface area contributed by atoms with Gasteiger partial charge in [0.2, 0.25) is 0 Å². The molecule has 3 saturated carbocycles. The topological polar surface area (TPSA) is 43.4 Å². The van der Waals surface area contributed by atoms with Gasteiger partial charge in [-0.2, -0.15) is 0 Å². The van der Waals surface area contributed by atoms with Crippen molar-refractivity contribution in [1.29, 1.82) is 0 Å². The molecule has 0 aliphatic heterocycles. The molecule has 0 heterocycles. The zero-order valence-electron chi connectivity index (χ0n) is 15.3. The first-order valence-electron chi connectivity index (χ1n) is 10.2. The van der Waals surface area contributed by atoms with Crippen LogP contribution in [-0.2, 0) is 14.3 Å². The maximum absolute atomic E-state index is 11.7. The molecule has 0 radical (unpaired) electrons. The van der Waals surface area contributed by atoms with Crippen LogP contribution in [-0.4, -0.2) is 19.4 Å². The van der Waals surface area contributed by atoms with Gasteiger partial charge < -0.3 is 9.53 Å². The Morgan fingerprint density at radius 2 is 1.08 bits per heavy atom. The molecular formula is C21H34O3. The zero-order valence-corrected chi connectivity index (χ0v) is 15.3. The Kier molecular flexibility index (Phi) is 6.35. The average Bonchev–Trinajstić information content (AvgIpc) is 2.68. The molecule has 0 spiro atoms. The van der Waals surface area contributed by atoms with Crippen LogP contribution in [0.1, 0.15) is 77.0 Å². The summed E-state index contributed by atoms with van der Waals surface area (Å²) >= 11 is 0. The van der Waals surface area contributed by atoms with Crippen molar-refractivity contribution < 1.29 is 14.3 Å². The molecule has 3 nitrogen and oxygen atoms in total. The van der Waals surface area contributed by atoms with Gasteiger partial charge in [-0.3, -0.25) is 4.79 Å². The molecule has 0 amide bonds. The van der Waals surface area contributed by atoms with Gasteiger partial charge >= 0.3 is 5.97 Å². The summed E-state index contributed by atoms with van der Waals surface area (Å²) in [6.45, 7) is 0. The number of carbonyl (C=O) groups is 2. The highest BCUT2D eigenvalue weighted by Gasteiger charge is 2.35. The van der Waals surface area contributed by atoms with Crippen LogP contribution in [0.25, 0.3) is 0 Å². The predicted molar refractivity (Wildman–Crippen MR) is 94.4 cm³/mol. The van der Waals surface area contributed by atoms with Gasteiger partial charge in [0.1, 0.15) is 6.29 Å². The summed E-state index contributed by atoms with van der Waals surface area (Å²) in [5.74, 6) is 4.06. The monoisotopic (exact) mass is 334 g/mol. The second-order valence-corrected chi connectivity index (χ2v) is 8.62. The van der Waals surface area contributed by atoms with E-state index in [-0.39, 0.29) is 11.9 Å². The molecule has 3 heteroatoms. The maximum atomic E-state index is 11.7. The minimum Gasteiger partial charge on any atom is -0.469 e. The first kappa shape index (κ1) is 17.9. The van der Waals surface area contributed by atoms with Gasteiger partial charge in [0.15, 0.2) is 0 Å². The SMILES string of the molecule is COC(=O)C1CCC(C2CCC([C@H]3CC[C@H](C=O)CC3)CC2)CC1. The van der Waals surface area contributed by atoms with Gasteiger partial charge in [0.05, 0.1) is 13.0 Å². The van der Waals surface area contributed by atoms with E-state index in [1.165, 1.54) is 64.8 Å². The molecule has 0 aromatic rings. The number of carbonyl (C=O) groups excluding carboxylic acids is 2. The highest BCUT2D eigenvalue weighted by Crippen LogP contribution is 2.45. The second-order valence-electron chi connectivity index (χ2n) is 8.62. The molecule has 0 N–H and O–H groups in total. The number of hydrogen-bond donors (Lipinski definition) is 0. The van der Waals surface area contributed by atoms with Gasteiger partial charge in [0, 0.05) is 5.92 Å².